The zero-order valence-electron chi connectivity index (χ0n) is 6.26. The third-order valence-electron chi connectivity index (χ3n) is 0.946. The summed E-state index contributed by atoms with van der Waals surface area (Å²) < 4.78 is 4.83. The van der Waals surface area contributed by atoms with Crippen LogP contribution in [0, 0.1) is 11.3 Å². The van der Waals surface area contributed by atoms with Crippen LogP contribution in [0.2, 0.25) is 0 Å². The lowest BCUT2D eigenvalue weighted by Gasteiger charge is -2.08. The van der Waals surface area contributed by atoms with Gasteiger partial charge in [0.1, 0.15) is 0 Å². The van der Waals surface area contributed by atoms with E-state index in [9.17, 15) is 0 Å². The van der Waals surface area contributed by atoms with Crippen LogP contribution >= 0.6 is 12.4 Å². The van der Waals surface area contributed by atoms with Gasteiger partial charge in [0.15, 0.2) is 0 Å². The maximum Gasteiger partial charge on any atom is 0.0843 e. The quantitative estimate of drug-likeness (QED) is 0.618. The van der Waals surface area contributed by atoms with E-state index in [1.165, 1.54) is 0 Å². The Hall–Kier alpha value is -0.300. The monoisotopic (exact) mass is 164 g/mol. The number of halogens is 1. The molecule has 1 N–H and O–H groups in total. The lowest BCUT2D eigenvalue weighted by atomic mass is 10.4. The Balaban J connectivity index is 0. The second-order valence-electron chi connectivity index (χ2n) is 1.90. The van der Waals surface area contributed by atoms with Crippen LogP contribution in [0.5, 0.6) is 0 Å². The molecule has 0 fully saturated rings. The van der Waals surface area contributed by atoms with Crippen molar-refractivity contribution in [1.82, 2.24) is 5.32 Å². The Labute approximate surface area is 67.8 Å². The predicted molar refractivity (Wildman–Crippen MR) is 42.2 cm³/mol. The third kappa shape index (κ3) is 7.70. The van der Waals surface area contributed by atoms with Crippen molar-refractivity contribution in [3.05, 3.63) is 0 Å². The van der Waals surface area contributed by atoms with Gasteiger partial charge in [-0.25, -0.2) is 0 Å². The van der Waals surface area contributed by atoms with Gasteiger partial charge in [0, 0.05) is 13.2 Å². The zero-order chi connectivity index (χ0) is 7.11. The van der Waals surface area contributed by atoms with Gasteiger partial charge in [0.2, 0.25) is 0 Å². The van der Waals surface area contributed by atoms with Crippen molar-refractivity contribution in [3.8, 4) is 6.07 Å². The molecule has 0 amide bonds. The molecule has 4 heteroatoms. The van der Waals surface area contributed by atoms with Crippen LogP contribution in [-0.2, 0) is 4.74 Å². The highest BCUT2D eigenvalue weighted by molar-refractivity contribution is 5.85. The van der Waals surface area contributed by atoms with Crippen LogP contribution in [0.1, 0.15) is 6.92 Å². The molecule has 0 aliphatic rings. The smallest absolute Gasteiger partial charge is 0.0843 e. The van der Waals surface area contributed by atoms with E-state index >= 15 is 0 Å². The minimum atomic E-state index is 0. The Kier molecular flexibility index (Phi) is 10.8. The fraction of sp³-hybridized carbons (Fsp3) is 0.833. The number of nitriles is 1. The first-order chi connectivity index (χ1) is 4.31. The standard InChI is InChI=1S/C6H12N2O.ClH/c1-6(5-9-2)8-4-3-7;/h6,8H,4-5H2,1-2H3;1H/t6-;/m0./s1. The van der Waals surface area contributed by atoms with Crippen LogP contribution in [-0.4, -0.2) is 26.3 Å². The lowest BCUT2D eigenvalue weighted by molar-refractivity contribution is 0.174. The number of nitrogens with one attached hydrogen (secondary N) is 1. The van der Waals surface area contributed by atoms with Crippen LogP contribution in [0.15, 0.2) is 0 Å². The first kappa shape index (κ1) is 12.4. The summed E-state index contributed by atoms with van der Waals surface area (Å²) >= 11 is 0. The van der Waals surface area contributed by atoms with Gasteiger partial charge in [-0.05, 0) is 6.92 Å². The van der Waals surface area contributed by atoms with Gasteiger partial charge in [0.05, 0.1) is 19.2 Å². The first-order valence-corrected chi connectivity index (χ1v) is 2.90. The summed E-state index contributed by atoms with van der Waals surface area (Å²) in [6.07, 6.45) is 0. The fourth-order valence-electron chi connectivity index (χ4n) is 0.529. The molecule has 0 aromatic carbocycles. The molecule has 0 aliphatic heterocycles. The second-order valence-corrected chi connectivity index (χ2v) is 1.90. The number of ether oxygens (including phenoxy) is 1. The van der Waals surface area contributed by atoms with Gasteiger partial charge in [-0.3, -0.25) is 5.32 Å². The molecule has 60 valence electrons. The summed E-state index contributed by atoms with van der Waals surface area (Å²) in [5.41, 5.74) is 0. The molecule has 10 heavy (non-hydrogen) atoms. The van der Waals surface area contributed by atoms with E-state index in [1.807, 2.05) is 13.0 Å². The van der Waals surface area contributed by atoms with Crippen LogP contribution in [0.3, 0.4) is 0 Å². The third-order valence-corrected chi connectivity index (χ3v) is 0.946. The van der Waals surface area contributed by atoms with Crippen LogP contribution < -0.4 is 5.32 Å². The van der Waals surface area contributed by atoms with E-state index in [4.69, 9.17) is 10.00 Å². The maximum absolute atomic E-state index is 8.13. The van der Waals surface area contributed by atoms with Gasteiger partial charge in [-0.15, -0.1) is 12.4 Å². The van der Waals surface area contributed by atoms with Crippen molar-refractivity contribution in [2.75, 3.05) is 20.3 Å². The summed E-state index contributed by atoms with van der Waals surface area (Å²) in [6, 6.07) is 2.26. The molecule has 1 atom stereocenters. The number of rotatable bonds is 4. The Morgan fingerprint density at radius 1 is 1.70 bits per heavy atom. The summed E-state index contributed by atoms with van der Waals surface area (Å²) in [7, 11) is 1.64. The number of nitrogens with zero attached hydrogens (tertiary/aromatic N) is 1. The summed E-state index contributed by atoms with van der Waals surface area (Å²) in [6.45, 7) is 3.02. The second kappa shape index (κ2) is 8.70. The zero-order valence-corrected chi connectivity index (χ0v) is 7.07. The highest BCUT2D eigenvalue weighted by atomic mass is 35.5. The molecule has 0 radical (unpaired) electrons. The van der Waals surface area contributed by atoms with Crippen molar-refractivity contribution >= 4 is 12.4 Å². The molecule has 0 aliphatic carbocycles. The average molecular weight is 165 g/mol. The molecule has 0 heterocycles. The van der Waals surface area contributed by atoms with E-state index in [0.717, 1.165) is 0 Å². The van der Waals surface area contributed by atoms with Gasteiger partial charge in [-0.1, -0.05) is 0 Å². The largest absolute Gasteiger partial charge is 0.383 e. The van der Waals surface area contributed by atoms with E-state index in [0.29, 0.717) is 13.2 Å². The minimum absolute atomic E-state index is 0. The van der Waals surface area contributed by atoms with E-state index < -0.39 is 0 Å². The molecule has 0 aromatic rings. The molecule has 0 rings (SSSR count). The average Bonchev–Trinajstić information content (AvgIpc) is 1.85. The number of hydrogen-bond acceptors (Lipinski definition) is 3. The molecule has 3 nitrogen and oxygen atoms in total. The number of hydrogen-bond donors (Lipinski definition) is 1. The van der Waals surface area contributed by atoms with E-state index in [-0.39, 0.29) is 18.4 Å². The Bertz CT molecular complexity index is 102. The highest BCUT2D eigenvalue weighted by Gasteiger charge is 1.96. The van der Waals surface area contributed by atoms with Crippen molar-refractivity contribution in [1.29, 1.82) is 5.26 Å². The normalized spacial score (nSPS) is 11.3. The maximum atomic E-state index is 8.13. The van der Waals surface area contributed by atoms with Crippen LogP contribution in [0.25, 0.3) is 0 Å². The van der Waals surface area contributed by atoms with Gasteiger partial charge < -0.3 is 4.74 Å². The van der Waals surface area contributed by atoms with Crippen molar-refractivity contribution < 1.29 is 4.74 Å². The molecule has 0 saturated heterocycles. The molecule has 0 aromatic heterocycles. The predicted octanol–water partition coefficient (Wildman–Crippen LogP) is 0.556. The Morgan fingerprint density at radius 3 is 2.70 bits per heavy atom. The summed E-state index contributed by atoms with van der Waals surface area (Å²) in [5.74, 6) is 0. The van der Waals surface area contributed by atoms with Gasteiger partial charge in [0.25, 0.3) is 0 Å². The van der Waals surface area contributed by atoms with Crippen molar-refractivity contribution in [2.45, 2.75) is 13.0 Å². The van der Waals surface area contributed by atoms with Crippen LogP contribution in [0.4, 0.5) is 0 Å². The summed E-state index contributed by atoms with van der Waals surface area (Å²) in [4.78, 5) is 0. The molecule has 0 saturated carbocycles. The fourth-order valence-corrected chi connectivity index (χ4v) is 0.529. The van der Waals surface area contributed by atoms with Crippen molar-refractivity contribution in [2.24, 2.45) is 0 Å². The Morgan fingerprint density at radius 2 is 2.30 bits per heavy atom. The van der Waals surface area contributed by atoms with Gasteiger partial charge >= 0.3 is 0 Å². The number of methoxy groups -OCH3 is 1. The SMILES string of the molecule is COC[C@H](C)NCC#N.Cl. The van der Waals surface area contributed by atoms with E-state index in [2.05, 4.69) is 5.32 Å². The lowest BCUT2D eigenvalue weighted by Crippen LogP contribution is -2.30. The summed E-state index contributed by atoms with van der Waals surface area (Å²) in [5, 5.41) is 11.1. The highest BCUT2D eigenvalue weighted by Crippen LogP contribution is 1.79. The molecule has 0 spiro atoms. The van der Waals surface area contributed by atoms with Gasteiger partial charge in [-0.2, -0.15) is 5.26 Å². The van der Waals surface area contributed by atoms with Crippen molar-refractivity contribution in [3.63, 3.8) is 0 Å². The first-order valence-electron chi connectivity index (χ1n) is 2.90. The minimum Gasteiger partial charge on any atom is -0.383 e. The topological polar surface area (TPSA) is 45.0 Å². The molecule has 0 unspecified atom stereocenters. The molecular formula is C6H13ClN2O. The van der Waals surface area contributed by atoms with E-state index in [1.54, 1.807) is 7.11 Å². The molecule has 0 bridgehead atoms. The molecular weight excluding hydrogens is 152 g/mol.